The third kappa shape index (κ3) is 9.10. The van der Waals surface area contributed by atoms with Crippen LogP contribution in [0.1, 0.15) is 77.0 Å². The maximum atomic E-state index is 12.3. The zero-order chi connectivity index (χ0) is 30.8. The van der Waals surface area contributed by atoms with Crippen LogP contribution in [0.15, 0.2) is 24.3 Å². The van der Waals surface area contributed by atoms with Gasteiger partial charge in [-0.15, -0.1) is 0 Å². The Morgan fingerprint density at radius 2 is 1.49 bits per heavy atom. The van der Waals surface area contributed by atoms with Crippen molar-refractivity contribution in [3.05, 3.63) is 24.3 Å². The number of fused-ring (bicyclic) bond motifs is 5. The molecule has 2 bridgehead atoms. The van der Waals surface area contributed by atoms with Crippen LogP contribution in [0, 0.1) is 35.5 Å². The van der Waals surface area contributed by atoms with E-state index in [0.29, 0.717) is 93.8 Å². The molecule has 0 radical (unpaired) electrons. The average Bonchev–Trinajstić information content (AvgIpc) is 3.76. The van der Waals surface area contributed by atoms with Gasteiger partial charge in [-0.3, -0.25) is 33.7 Å². The van der Waals surface area contributed by atoms with E-state index >= 15 is 0 Å². The molecule has 0 saturated heterocycles. The van der Waals surface area contributed by atoms with Gasteiger partial charge in [0.05, 0.1) is 13.2 Å². The van der Waals surface area contributed by atoms with Crippen LogP contribution in [-0.4, -0.2) is 79.1 Å². The normalized spacial score (nSPS) is 27.2. The van der Waals surface area contributed by atoms with Gasteiger partial charge >= 0.3 is 11.9 Å². The molecule has 10 nitrogen and oxygen atoms in total. The molecule has 0 spiro atoms. The smallest absolute Gasteiger partial charge is 0.305 e. The second-order valence-corrected chi connectivity index (χ2v) is 12.7. The Hall–Kier alpha value is -3.30. The summed E-state index contributed by atoms with van der Waals surface area (Å²) in [6, 6.07) is 0. The largest absolute Gasteiger partial charge is 0.465 e. The lowest BCUT2D eigenvalue weighted by atomic mass is 9.76. The number of rotatable bonds is 18. The summed E-state index contributed by atoms with van der Waals surface area (Å²) < 4.78 is 11.3. The number of unbranched alkanes of at least 4 members (excludes halogenated alkanes) is 4. The van der Waals surface area contributed by atoms with Gasteiger partial charge in [0.1, 0.15) is 6.29 Å². The number of ether oxygens (including phenoxy) is 2. The lowest BCUT2D eigenvalue weighted by molar-refractivity contribution is -0.146. The highest BCUT2D eigenvalue weighted by Gasteiger charge is 2.56. The highest BCUT2D eigenvalue weighted by Crippen LogP contribution is 2.62. The van der Waals surface area contributed by atoms with Gasteiger partial charge in [-0.25, -0.2) is 0 Å². The number of carbonyl (C=O) groups excluding carboxylic acids is 6. The first-order valence-corrected chi connectivity index (χ1v) is 16.0. The third-order valence-corrected chi connectivity index (χ3v) is 9.87. The second kappa shape index (κ2) is 16.0. The van der Waals surface area contributed by atoms with E-state index in [1.807, 2.05) is 0 Å². The number of nitrogens with zero attached hydrogens (tertiary/aromatic N) is 2. The molecule has 1 aliphatic heterocycles. The van der Waals surface area contributed by atoms with Crippen molar-refractivity contribution in [1.29, 1.82) is 0 Å². The van der Waals surface area contributed by atoms with E-state index in [1.54, 1.807) is 11.9 Å². The number of likely N-dealkylation sites (N-methyl/N-ethyl adjacent to an activating group) is 1. The number of allylic oxidation sites excluding steroid dienone is 1. The van der Waals surface area contributed by atoms with E-state index < -0.39 is 0 Å². The summed E-state index contributed by atoms with van der Waals surface area (Å²) in [6.45, 7) is 1.95. The summed E-state index contributed by atoms with van der Waals surface area (Å²) in [4.78, 5) is 72.7. The Balaban J connectivity index is 1.04. The number of carbonyl (C=O) groups is 6. The number of hydrogen-bond donors (Lipinski definition) is 0. The van der Waals surface area contributed by atoms with Crippen molar-refractivity contribution in [2.75, 3.05) is 33.4 Å². The van der Waals surface area contributed by atoms with Crippen molar-refractivity contribution in [3.63, 3.8) is 0 Å². The summed E-state index contributed by atoms with van der Waals surface area (Å²) in [7, 11) is 1.69. The first-order chi connectivity index (χ1) is 20.8. The molecule has 1 heterocycles. The van der Waals surface area contributed by atoms with Gasteiger partial charge in [-0.2, -0.15) is 0 Å². The number of imide groups is 1. The summed E-state index contributed by atoms with van der Waals surface area (Å²) in [6.07, 6.45) is 15.4. The Labute approximate surface area is 254 Å². The Morgan fingerprint density at radius 3 is 2.19 bits per heavy atom. The minimum atomic E-state index is -0.266. The topological polar surface area (TPSA) is 127 Å². The molecule has 3 aliphatic carbocycles. The van der Waals surface area contributed by atoms with Crippen molar-refractivity contribution >= 4 is 35.9 Å². The van der Waals surface area contributed by atoms with Crippen LogP contribution in [0.5, 0.6) is 0 Å². The van der Waals surface area contributed by atoms with Crippen LogP contribution in [0.4, 0.5) is 0 Å². The molecule has 0 aromatic carbocycles. The van der Waals surface area contributed by atoms with E-state index in [1.165, 1.54) is 35.6 Å². The Bertz CT molecular complexity index is 1080. The molecule has 0 aromatic heterocycles. The van der Waals surface area contributed by atoms with Gasteiger partial charge in [0.2, 0.25) is 5.91 Å². The molecule has 4 aliphatic rings. The fourth-order valence-corrected chi connectivity index (χ4v) is 7.73. The van der Waals surface area contributed by atoms with Crippen LogP contribution in [-0.2, 0) is 38.2 Å². The molecule has 10 heteroatoms. The standard InChI is InChI=1S/C33H46N2O8/c1-34(29(37)9-8-16-36)14-6-2-4-10-32(40)42-21-23-17-26-24-19-25(27(20-24)28(26)18-23)22-43-33(41)11-5-3-7-15-35-30(38)12-13-31(35)39/h8-9,12-13,16,23-28H,2-7,10-11,14-15,17-22H2,1H3/b9-8-. The van der Waals surface area contributed by atoms with Crippen LogP contribution in [0.2, 0.25) is 0 Å². The van der Waals surface area contributed by atoms with E-state index in [0.717, 1.165) is 44.9 Å². The molecule has 3 amide bonds. The molecule has 43 heavy (non-hydrogen) atoms. The van der Waals surface area contributed by atoms with Crippen molar-refractivity contribution in [1.82, 2.24) is 9.80 Å². The quantitative estimate of drug-likeness (QED) is 0.0770. The number of aldehydes is 1. The van der Waals surface area contributed by atoms with Gasteiger partial charge in [0, 0.05) is 51.2 Å². The fraction of sp³-hybridized carbons (Fsp3) is 0.697. The van der Waals surface area contributed by atoms with Crippen molar-refractivity contribution in [3.8, 4) is 0 Å². The van der Waals surface area contributed by atoms with Crippen molar-refractivity contribution < 1.29 is 38.2 Å². The minimum Gasteiger partial charge on any atom is -0.465 e. The molecule has 236 valence electrons. The molecule has 6 unspecified atom stereocenters. The van der Waals surface area contributed by atoms with Gasteiger partial charge in [0.15, 0.2) is 0 Å². The van der Waals surface area contributed by atoms with Gasteiger partial charge in [-0.1, -0.05) is 12.8 Å². The molecule has 6 atom stereocenters. The van der Waals surface area contributed by atoms with E-state index in [9.17, 15) is 28.8 Å². The Kier molecular flexibility index (Phi) is 12.1. The minimum absolute atomic E-state index is 0.154. The second-order valence-electron chi connectivity index (χ2n) is 12.7. The molecule has 4 rings (SSSR count). The zero-order valence-electron chi connectivity index (χ0n) is 25.3. The first-order valence-electron chi connectivity index (χ1n) is 16.0. The van der Waals surface area contributed by atoms with Crippen molar-refractivity contribution in [2.24, 2.45) is 35.5 Å². The third-order valence-electron chi connectivity index (χ3n) is 9.87. The van der Waals surface area contributed by atoms with Gasteiger partial charge in [-0.05, 0) is 93.0 Å². The SMILES string of the molecule is CN(CCCCCC(=O)OCC1CC2C3CC(COC(=O)CCCCCN4C(=O)C=CC4=O)C(C3)C2C1)C(=O)/C=C\C=O. The predicted molar refractivity (Wildman–Crippen MR) is 157 cm³/mol. The van der Waals surface area contributed by atoms with Crippen LogP contribution < -0.4 is 0 Å². The summed E-state index contributed by atoms with van der Waals surface area (Å²) >= 11 is 0. The van der Waals surface area contributed by atoms with Gasteiger partial charge in [0.25, 0.3) is 11.8 Å². The molecular weight excluding hydrogens is 552 g/mol. The first kappa shape index (κ1) is 32.6. The monoisotopic (exact) mass is 598 g/mol. The average molecular weight is 599 g/mol. The number of hydrogen-bond acceptors (Lipinski definition) is 8. The van der Waals surface area contributed by atoms with Crippen LogP contribution in [0.3, 0.4) is 0 Å². The molecule has 3 saturated carbocycles. The summed E-state index contributed by atoms with van der Waals surface area (Å²) in [5, 5.41) is 0. The number of amides is 3. The molecule has 0 N–H and O–H groups in total. The van der Waals surface area contributed by atoms with Crippen LogP contribution >= 0.6 is 0 Å². The lowest BCUT2D eigenvalue weighted by Crippen LogP contribution is -2.30. The van der Waals surface area contributed by atoms with Gasteiger partial charge < -0.3 is 14.4 Å². The molecular formula is C33H46N2O8. The predicted octanol–water partition coefficient (Wildman–Crippen LogP) is 3.63. The summed E-state index contributed by atoms with van der Waals surface area (Å²) in [5.74, 6) is 2.38. The number of esters is 2. The fourth-order valence-electron chi connectivity index (χ4n) is 7.73. The van der Waals surface area contributed by atoms with E-state index in [2.05, 4.69) is 0 Å². The highest BCUT2D eigenvalue weighted by molar-refractivity contribution is 6.12. The van der Waals surface area contributed by atoms with E-state index in [4.69, 9.17) is 9.47 Å². The summed E-state index contributed by atoms with van der Waals surface area (Å²) in [5.41, 5.74) is 0. The molecule has 3 fully saturated rings. The van der Waals surface area contributed by atoms with Crippen LogP contribution in [0.25, 0.3) is 0 Å². The highest BCUT2D eigenvalue weighted by atomic mass is 16.5. The van der Waals surface area contributed by atoms with Crippen molar-refractivity contribution in [2.45, 2.75) is 77.0 Å². The Morgan fingerprint density at radius 1 is 0.837 bits per heavy atom. The van der Waals surface area contributed by atoms with E-state index in [-0.39, 0.29) is 29.7 Å². The maximum absolute atomic E-state index is 12.3. The maximum Gasteiger partial charge on any atom is 0.305 e. The zero-order valence-corrected chi connectivity index (χ0v) is 25.3. The lowest BCUT2D eigenvalue weighted by Gasteiger charge is -2.31. The molecule has 0 aromatic rings.